The SMILES string of the molecule is O=C(NCCSc1ccc(Cl)cc1)c1c(O)cc(F)cc1F. The maximum Gasteiger partial charge on any atom is 0.258 e. The van der Waals surface area contributed by atoms with Crippen molar-refractivity contribution in [1.29, 1.82) is 0 Å². The molecule has 22 heavy (non-hydrogen) atoms. The summed E-state index contributed by atoms with van der Waals surface area (Å²) < 4.78 is 26.3. The number of carbonyl (C=O) groups excluding carboxylic acids is 1. The maximum atomic E-state index is 13.5. The Morgan fingerprint density at radius 3 is 2.55 bits per heavy atom. The predicted octanol–water partition coefficient (Wildman–Crippen LogP) is 3.85. The Morgan fingerprint density at radius 2 is 1.91 bits per heavy atom. The summed E-state index contributed by atoms with van der Waals surface area (Å²) >= 11 is 7.26. The zero-order valence-electron chi connectivity index (χ0n) is 11.3. The number of halogens is 3. The molecule has 0 aromatic heterocycles. The minimum Gasteiger partial charge on any atom is -0.507 e. The van der Waals surface area contributed by atoms with Gasteiger partial charge in [-0.15, -0.1) is 11.8 Å². The lowest BCUT2D eigenvalue weighted by Crippen LogP contribution is -2.26. The summed E-state index contributed by atoms with van der Waals surface area (Å²) in [6.07, 6.45) is 0. The topological polar surface area (TPSA) is 49.3 Å². The first-order valence-corrected chi connectivity index (χ1v) is 7.68. The highest BCUT2D eigenvalue weighted by Gasteiger charge is 2.17. The fourth-order valence-corrected chi connectivity index (χ4v) is 2.63. The molecular weight excluding hydrogens is 332 g/mol. The van der Waals surface area contributed by atoms with Crippen LogP contribution in [-0.4, -0.2) is 23.3 Å². The van der Waals surface area contributed by atoms with Crippen LogP contribution >= 0.6 is 23.4 Å². The van der Waals surface area contributed by atoms with Gasteiger partial charge in [0.25, 0.3) is 5.91 Å². The van der Waals surface area contributed by atoms with Crippen molar-refractivity contribution >= 4 is 29.3 Å². The van der Waals surface area contributed by atoms with Crippen molar-refractivity contribution in [2.24, 2.45) is 0 Å². The van der Waals surface area contributed by atoms with Crippen molar-refractivity contribution in [2.75, 3.05) is 12.3 Å². The summed E-state index contributed by atoms with van der Waals surface area (Å²) in [5, 5.41) is 12.6. The molecule has 0 radical (unpaired) electrons. The molecule has 2 aromatic rings. The molecule has 7 heteroatoms. The molecule has 0 spiro atoms. The third-order valence-corrected chi connectivity index (χ3v) is 4.00. The van der Waals surface area contributed by atoms with E-state index in [1.807, 2.05) is 12.1 Å². The van der Waals surface area contributed by atoms with E-state index in [9.17, 15) is 18.7 Å². The molecule has 0 saturated carbocycles. The molecule has 0 fully saturated rings. The largest absolute Gasteiger partial charge is 0.507 e. The fourth-order valence-electron chi connectivity index (χ4n) is 1.74. The first-order valence-electron chi connectivity index (χ1n) is 6.32. The highest BCUT2D eigenvalue weighted by atomic mass is 35.5. The van der Waals surface area contributed by atoms with E-state index in [0.29, 0.717) is 22.9 Å². The molecule has 0 aliphatic rings. The second-order valence-corrected chi connectivity index (χ2v) is 5.94. The number of carbonyl (C=O) groups is 1. The number of hydrogen-bond donors (Lipinski definition) is 2. The molecule has 0 bridgehead atoms. The zero-order chi connectivity index (χ0) is 16.1. The van der Waals surface area contributed by atoms with Crippen LogP contribution in [0.1, 0.15) is 10.4 Å². The summed E-state index contributed by atoms with van der Waals surface area (Å²) in [4.78, 5) is 12.8. The first kappa shape index (κ1) is 16.6. The van der Waals surface area contributed by atoms with Gasteiger partial charge in [-0.2, -0.15) is 0 Å². The standard InChI is InChI=1S/C15H12ClF2NO2S/c16-9-1-3-11(4-2-9)22-6-5-19-15(21)14-12(18)7-10(17)8-13(14)20/h1-4,7-8,20H,5-6H2,(H,19,21). The lowest BCUT2D eigenvalue weighted by Gasteiger charge is -2.08. The Hall–Kier alpha value is -1.79. The number of phenolic OH excluding ortho intramolecular Hbond substituents is 1. The third-order valence-electron chi connectivity index (χ3n) is 2.73. The van der Waals surface area contributed by atoms with Gasteiger partial charge in [0, 0.05) is 34.3 Å². The molecule has 0 saturated heterocycles. The molecular formula is C15H12ClF2NO2S. The number of rotatable bonds is 5. The average Bonchev–Trinajstić information content (AvgIpc) is 2.44. The molecule has 1 amide bonds. The van der Waals surface area contributed by atoms with E-state index < -0.39 is 28.9 Å². The second-order valence-electron chi connectivity index (χ2n) is 4.34. The number of nitrogens with one attached hydrogen (secondary N) is 1. The van der Waals surface area contributed by atoms with Crippen LogP contribution < -0.4 is 5.32 Å². The van der Waals surface area contributed by atoms with E-state index in [4.69, 9.17) is 11.6 Å². The van der Waals surface area contributed by atoms with Gasteiger partial charge in [-0.25, -0.2) is 8.78 Å². The fraction of sp³-hybridized carbons (Fsp3) is 0.133. The summed E-state index contributed by atoms with van der Waals surface area (Å²) in [5.74, 6) is -2.99. The molecule has 2 aromatic carbocycles. The minimum atomic E-state index is -1.10. The zero-order valence-corrected chi connectivity index (χ0v) is 12.8. The summed E-state index contributed by atoms with van der Waals surface area (Å²) in [6, 6.07) is 8.46. The molecule has 0 heterocycles. The normalized spacial score (nSPS) is 10.5. The van der Waals surface area contributed by atoms with Crippen LogP contribution in [0.3, 0.4) is 0 Å². The van der Waals surface area contributed by atoms with Gasteiger partial charge in [-0.3, -0.25) is 4.79 Å². The molecule has 3 nitrogen and oxygen atoms in total. The van der Waals surface area contributed by atoms with E-state index in [2.05, 4.69) is 5.32 Å². The second kappa shape index (κ2) is 7.47. The number of thioether (sulfide) groups is 1. The Labute approximate surface area is 135 Å². The van der Waals surface area contributed by atoms with E-state index >= 15 is 0 Å². The van der Waals surface area contributed by atoms with Gasteiger partial charge >= 0.3 is 0 Å². The van der Waals surface area contributed by atoms with Gasteiger partial charge in [-0.1, -0.05) is 11.6 Å². The van der Waals surface area contributed by atoms with Crippen LogP contribution in [0.15, 0.2) is 41.3 Å². The molecule has 2 N–H and O–H groups in total. The maximum absolute atomic E-state index is 13.5. The molecule has 0 aliphatic heterocycles. The lowest BCUT2D eigenvalue weighted by molar-refractivity contribution is 0.0949. The van der Waals surface area contributed by atoms with E-state index in [1.54, 1.807) is 12.1 Å². The number of phenols is 1. The van der Waals surface area contributed by atoms with E-state index in [-0.39, 0.29) is 6.54 Å². The van der Waals surface area contributed by atoms with Crippen LogP contribution in [0.25, 0.3) is 0 Å². The Balaban J connectivity index is 1.87. The van der Waals surface area contributed by atoms with E-state index in [0.717, 1.165) is 4.90 Å². The van der Waals surface area contributed by atoms with E-state index in [1.165, 1.54) is 11.8 Å². The molecule has 0 unspecified atom stereocenters. The smallest absolute Gasteiger partial charge is 0.258 e. The van der Waals surface area contributed by atoms with Crippen LogP contribution in [-0.2, 0) is 0 Å². The summed E-state index contributed by atoms with van der Waals surface area (Å²) in [7, 11) is 0. The number of benzene rings is 2. The first-order chi connectivity index (χ1) is 10.5. The number of hydrogen-bond acceptors (Lipinski definition) is 3. The van der Waals surface area contributed by atoms with Gasteiger partial charge in [0.05, 0.1) is 0 Å². The summed E-state index contributed by atoms with van der Waals surface area (Å²) in [5.41, 5.74) is -0.558. The highest BCUT2D eigenvalue weighted by molar-refractivity contribution is 7.99. The Kier molecular flexibility index (Phi) is 5.63. The van der Waals surface area contributed by atoms with Crippen molar-refractivity contribution in [3.05, 3.63) is 58.6 Å². The molecule has 116 valence electrons. The summed E-state index contributed by atoms with van der Waals surface area (Å²) in [6.45, 7) is 0.266. The molecule has 0 atom stereocenters. The van der Waals surface area contributed by atoms with Crippen LogP contribution in [0, 0.1) is 11.6 Å². The van der Waals surface area contributed by atoms with Crippen molar-refractivity contribution in [1.82, 2.24) is 5.32 Å². The molecule has 0 aliphatic carbocycles. The Morgan fingerprint density at radius 1 is 1.23 bits per heavy atom. The van der Waals surface area contributed by atoms with Crippen LogP contribution in [0.5, 0.6) is 5.75 Å². The van der Waals surface area contributed by atoms with Crippen LogP contribution in [0.4, 0.5) is 8.78 Å². The van der Waals surface area contributed by atoms with Crippen molar-refractivity contribution in [3.63, 3.8) is 0 Å². The van der Waals surface area contributed by atoms with Gasteiger partial charge in [0.2, 0.25) is 0 Å². The minimum absolute atomic E-state index is 0.266. The Bertz CT molecular complexity index is 657. The quantitative estimate of drug-likeness (QED) is 0.640. The average molecular weight is 344 g/mol. The van der Waals surface area contributed by atoms with Crippen molar-refractivity contribution < 1.29 is 18.7 Å². The molecule has 2 rings (SSSR count). The van der Waals surface area contributed by atoms with Gasteiger partial charge in [-0.05, 0) is 24.3 Å². The van der Waals surface area contributed by atoms with Crippen LogP contribution in [0.2, 0.25) is 5.02 Å². The highest BCUT2D eigenvalue weighted by Crippen LogP contribution is 2.22. The van der Waals surface area contributed by atoms with Gasteiger partial charge < -0.3 is 10.4 Å². The lowest BCUT2D eigenvalue weighted by atomic mass is 10.1. The predicted molar refractivity (Wildman–Crippen MR) is 82.5 cm³/mol. The van der Waals surface area contributed by atoms with Crippen molar-refractivity contribution in [2.45, 2.75) is 4.90 Å². The van der Waals surface area contributed by atoms with Gasteiger partial charge in [0.1, 0.15) is 22.9 Å². The number of amides is 1. The van der Waals surface area contributed by atoms with Crippen molar-refractivity contribution in [3.8, 4) is 5.75 Å². The monoisotopic (exact) mass is 343 g/mol. The number of aromatic hydroxyl groups is 1. The third kappa shape index (κ3) is 4.35. The van der Waals surface area contributed by atoms with Gasteiger partial charge in [0.15, 0.2) is 0 Å².